The second-order valence-electron chi connectivity index (χ2n) is 10.0. The van der Waals surface area contributed by atoms with Crippen LogP contribution in [0.4, 0.5) is 0 Å². The van der Waals surface area contributed by atoms with Gasteiger partial charge in [-0.2, -0.15) is 0 Å². The zero-order valence-electron chi connectivity index (χ0n) is 21.3. The molecule has 0 aliphatic carbocycles. The van der Waals surface area contributed by atoms with Gasteiger partial charge >= 0.3 is 0 Å². The summed E-state index contributed by atoms with van der Waals surface area (Å²) < 4.78 is 2.06. The molecular weight excluding hydrogens is 470 g/mol. The van der Waals surface area contributed by atoms with Crippen LogP contribution in [-0.2, 0) is 6.42 Å². The SMILES string of the molecule is CCc1ccnc([Si](C)(C)c2cccc(-c3ccc4c5ccccc5n(-c5ccccc5O)c4n3)c2)c1. The van der Waals surface area contributed by atoms with E-state index in [1.54, 1.807) is 6.07 Å². The lowest BCUT2D eigenvalue weighted by Gasteiger charge is -2.23. The minimum Gasteiger partial charge on any atom is -0.506 e. The van der Waals surface area contributed by atoms with Gasteiger partial charge < -0.3 is 5.11 Å². The molecule has 0 spiro atoms. The zero-order valence-corrected chi connectivity index (χ0v) is 22.3. The van der Waals surface area contributed by atoms with Gasteiger partial charge in [0.2, 0.25) is 0 Å². The number of nitrogens with zero attached hydrogens (tertiary/aromatic N) is 3. The normalized spacial score (nSPS) is 11.9. The summed E-state index contributed by atoms with van der Waals surface area (Å²) in [6.45, 7) is 6.91. The first kappa shape index (κ1) is 23.2. The van der Waals surface area contributed by atoms with Crippen molar-refractivity contribution in [3.8, 4) is 22.7 Å². The van der Waals surface area contributed by atoms with Gasteiger partial charge in [-0.05, 0) is 54.4 Å². The Hall–Kier alpha value is -4.22. The molecule has 6 rings (SSSR count). The third-order valence-electron chi connectivity index (χ3n) is 7.40. The number of aromatic hydroxyl groups is 1. The number of phenolic OH excluding ortho intramolecular Hbond substituents is 1. The van der Waals surface area contributed by atoms with E-state index in [9.17, 15) is 5.11 Å². The molecule has 0 saturated carbocycles. The maximum atomic E-state index is 10.7. The van der Waals surface area contributed by atoms with Crippen molar-refractivity contribution in [3.05, 3.63) is 109 Å². The van der Waals surface area contributed by atoms with E-state index in [-0.39, 0.29) is 5.75 Å². The molecule has 1 N–H and O–H groups in total. The molecule has 37 heavy (non-hydrogen) atoms. The average molecular weight is 500 g/mol. The zero-order chi connectivity index (χ0) is 25.6. The quantitative estimate of drug-likeness (QED) is 0.282. The molecule has 6 aromatic rings. The predicted octanol–water partition coefficient (Wildman–Crippen LogP) is 6.33. The Labute approximate surface area is 217 Å². The highest BCUT2D eigenvalue weighted by Crippen LogP contribution is 2.35. The standard InChI is InChI=1S/C32H29N3OSi/c1-4-22-18-19-33-31(20-22)37(2,3)24-11-9-10-23(21-24)27-17-16-26-25-12-5-6-13-28(25)35(32(26)34-27)29-14-7-8-15-30(29)36/h5-21,36H,4H2,1-3H3. The third-order valence-corrected chi connectivity index (χ3v) is 10.7. The second-order valence-corrected chi connectivity index (χ2v) is 14.4. The van der Waals surface area contributed by atoms with E-state index in [1.807, 2.05) is 36.5 Å². The molecule has 182 valence electrons. The van der Waals surface area contributed by atoms with Gasteiger partial charge in [-0.25, -0.2) is 4.98 Å². The number of rotatable bonds is 5. The minimum absolute atomic E-state index is 0.230. The van der Waals surface area contributed by atoms with Gasteiger partial charge in [-0.3, -0.25) is 9.55 Å². The van der Waals surface area contributed by atoms with Gasteiger partial charge in [0.05, 0.1) is 16.9 Å². The molecule has 0 amide bonds. The van der Waals surface area contributed by atoms with Crippen LogP contribution in [0.3, 0.4) is 0 Å². The Morgan fingerprint density at radius 1 is 0.811 bits per heavy atom. The van der Waals surface area contributed by atoms with Gasteiger partial charge in [-0.15, -0.1) is 0 Å². The van der Waals surface area contributed by atoms with Crippen LogP contribution in [0.2, 0.25) is 13.1 Å². The van der Waals surface area contributed by atoms with Crippen molar-refractivity contribution in [2.24, 2.45) is 0 Å². The lowest BCUT2D eigenvalue weighted by Crippen LogP contribution is -2.54. The summed E-state index contributed by atoms with van der Waals surface area (Å²) >= 11 is 0. The molecule has 0 radical (unpaired) electrons. The van der Waals surface area contributed by atoms with E-state index >= 15 is 0 Å². The molecular formula is C32H29N3OSi. The van der Waals surface area contributed by atoms with Gasteiger partial charge in [0.1, 0.15) is 19.5 Å². The van der Waals surface area contributed by atoms with Gasteiger partial charge in [-0.1, -0.05) is 79.8 Å². The fourth-order valence-corrected chi connectivity index (χ4v) is 7.42. The van der Waals surface area contributed by atoms with Crippen molar-refractivity contribution in [2.45, 2.75) is 26.4 Å². The van der Waals surface area contributed by atoms with Crippen LogP contribution in [0.5, 0.6) is 5.75 Å². The molecule has 3 heterocycles. The first-order chi connectivity index (χ1) is 18.0. The van der Waals surface area contributed by atoms with Crippen LogP contribution < -0.4 is 10.5 Å². The summed E-state index contributed by atoms with van der Waals surface area (Å²) in [5, 5.41) is 15.4. The van der Waals surface area contributed by atoms with E-state index in [2.05, 4.69) is 85.2 Å². The molecule has 0 unspecified atom stereocenters. The van der Waals surface area contributed by atoms with E-state index < -0.39 is 8.07 Å². The number of benzene rings is 3. The van der Waals surface area contributed by atoms with Crippen LogP contribution in [0.25, 0.3) is 38.9 Å². The highest BCUT2D eigenvalue weighted by molar-refractivity contribution is 7.00. The lowest BCUT2D eigenvalue weighted by molar-refractivity contribution is 0.473. The monoisotopic (exact) mass is 499 g/mol. The number of aryl methyl sites for hydroxylation is 1. The fraction of sp³-hybridized carbons (Fsp3) is 0.125. The van der Waals surface area contributed by atoms with Crippen molar-refractivity contribution in [1.29, 1.82) is 0 Å². The van der Waals surface area contributed by atoms with Gasteiger partial charge in [0.15, 0.2) is 0 Å². The highest BCUT2D eigenvalue weighted by atomic mass is 28.3. The number of fused-ring (bicyclic) bond motifs is 3. The molecule has 0 saturated heterocycles. The number of pyridine rings is 2. The van der Waals surface area contributed by atoms with E-state index in [1.165, 1.54) is 16.1 Å². The topological polar surface area (TPSA) is 50.9 Å². The van der Waals surface area contributed by atoms with Crippen molar-refractivity contribution < 1.29 is 5.11 Å². The molecule has 0 fully saturated rings. The predicted molar refractivity (Wildman–Crippen MR) is 156 cm³/mol. The van der Waals surface area contributed by atoms with Crippen molar-refractivity contribution in [3.63, 3.8) is 0 Å². The van der Waals surface area contributed by atoms with Gasteiger partial charge in [0, 0.05) is 27.8 Å². The fourth-order valence-electron chi connectivity index (χ4n) is 5.15. The van der Waals surface area contributed by atoms with E-state index in [0.29, 0.717) is 0 Å². The van der Waals surface area contributed by atoms with Crippen LogP contribution in [-0.4, -0.2) is 27.7 Å². The number of hydrogen-bond donors (Lipinski definition) is 1. The van der Waals surface area contributed by atoms with Gasteiger partial charge in [0.25, 0.3) is 0 Å². The summed E-state index contributed by atoms with van der Waals surface area (Å²) in [7, 11) is -2.00. The third kappa shape index (κ3) is 3.92. The Bertz CT molecular complexity index is 1770. The first-order valence-electron chi connectivity index (χ1n) is 12.7. The molecule has 0 atom stereocenters. The Morgan fingerprint density at radius 2 is 1.62 bits per heavy atom. The molecule has 0 aliphatic rings. The maximum Gasteiger partial charge on any atom is 0.146 e. The van der Waals surface area contributed by atoms with Crippen molar-refractivity contribution in [2.75, 3.05) is 0 Å². The Morgan fingerprint density at radius 3 is 2.46 bits per heavy atom. The summed E-state index contributed by atoms with van der Waals surface area (Å²) in [5.41, 5.74) is 5.90. The highest BCUT2D eigenvalue weighted by Gasteiger charge is 2.28. The van der Waals surface area contributed by atoms with Crippen LogP contribution >= 0.6 is 0 Å². The number of phenols is 1. The van der Waals surface area contributed by atoms with Crippen molar-refractivity contribution >= 4 is 40.5 Å². The van der Waals surface area contributed by atoms with Crippen LogP contribution in [0.1, 0.15) is 12.5 Å². The molecule has 0 aliphatic heterocycles. The molecule has 0 bridgehead atoms. The summed E-state index contributed by atoms with van der Waals surface area (Å²) in [6.07, 6.45) is 2.95. The average Bonchev–Trinajstić information content (AvgIpc) is 3.27. The largest absolute Gasteiger partial charge is 0.506 e. The first-order valence-corrected chi connectivity index (χ1v) is 15.7. The van der Waals surface area contributed by atoms with E-state index in [0.717, 1.165) is 45.3 Å². The smallest absolute Gasteiger partial charge is 0.146 e. The second kappa shape index (κ2) is 9.02. The molecule has 3 aromatic carbocycles. The Kier molecular flexibility index (Phi) is 5.65. The number of aromatic nitrogens is 3. The molecule has 5 heteroatoms. The van der Waals surface area contributed by atoms with Crippen LogP contribution in [0.15, 0.2) is 103 Å². The van der Waals surface area contributed by atoms with Crippen molar-refractivity contribution in [1.82, 2.24) is 14.5 Å². The Balaban J connectivity index is 1.52. The summed E-state index contributed by atoms with van der Waals surface area (Å²) in [6, 6.07) is 33.1. The van der Waals surface area contributed by atoms with E-state index in [4.69, 9.17) is 9.97 Å². The summed E-state index contributed by atoms with van der Waals surface area (Å²) in [4.78, 5) is 9.95. The minimum atomic E-state index is -2.00. The number of para-hydroxylation sites is 3. The molecule has 3 aromatic heterocycles. The lowest BCUT2D eigenvalue weighted by atomic mass is 10.1. The molecule has 4 nitrogen and oxygen atoms in total. The van der Waals surface area contributed by atoms with Crippen LogP contribution in [0, 0.1) is 0 Å². The summed E-state index contributed by atoms with van der Waals surface area (Å²) in [5.74, 6) is 0.230. The maximum absolute atomic E-state index is 10.7. The number of hydrogen-bond acceptors (Lipinski definition) is 3.